The Kier molecular flexibility index (Phi) is 2.83. The molecule has 1 saturated heterocycles. The summed E-state index contributed by atoms with van der Waals surface area (Å²) in [5.74, 6) is -1.29. The molecule has 0 unspecified atom stereocenters. The van der Waals surface area contributed by atoms with E-state index in [0.29, 0.717) is 5.75 Å². The molecular weight excluding hydrogens is 182 g/mol. The van der Waals surface area contributed by atoms with E-state index in [1.807, 2.05) is 0 Å². The zero-order valence-corrected chi connectivity index (χ0v) is 6.84. The molecule has 1 rings (SSSR count). The maximum Gasteiger partial charge on any atom is 0.321 e. The van der Waals surface area contributed by atoms with Crippen LogP contribution in [0.5, 0.6) is 0 Å². The van der Waals surface area contributed by atoms with Crippen LogP contribution < -0.4 is 5.32 Å². The third-order valence-electron chi connectivity index (χ3n) is 1.45. The van der Waals surface area contributed by atoms with Crippen LogP contribution in [0.4, 0.5) is 0 Å². The van der Waals surface area contributed by atoms with Crippen molar-refractivity contribution < 1.29 is 19.5 Å². The highest BCUT2D eigenvalue weighted by atomic mass is 32.2. The zero-order chi connectivity index (χ0) is 9.14. The van der Waals surface area contributed by atoms with Crippen LogP contribution in [0.2, 0.25) is 0 Å². The van der Waals surface area contributed by atoms with E-state index in [-0.39, 0.29) is 6.29 Å². The summed E-state index contributed by atoms with van der Waals surface area (Å²) in [7, 11) is 0. The van der Waals surface area contributed by atoms with E-state index in [1.54, 1.807) is 0 Å². The summed E-state index contributed by atoms with van der Waals surface area (Å²) in [6, 6.07) is -0.719. The monoisotopic (exact) mass is 189 g/mol. The smallest absolute Gasteiger partial charge is 0.321 e. The van der Waals surface area contributed by atoms with Gasteiger partial charge in [0.25, 0.3) is 0 Å². The van der Waals surface area contributed by atoms with Gasteiger partial charge in [-0.1, -0.05) is 0 Å². The largest absolute Gasteiger partial charge is 0.480 e. The summed E-state index contributed by atoms with van der Waals surface area (Å²) in [6.45, 7) is 0. The molecule has 0 aliphatic carbocycles. The van der Waals surface area contributed by atoms with Crippen molar-refractivity contribution in [3.8, 4) is 0 Å². The van der Waals surface area contributed by atoms with Crippen LogP contribution in [0.1, 0.15) is 0 Å². The Morgan fingerprint density at radius 2 is 2.25 bits per heavy atom. The van der Waals surface area contributed by atoms with Gasteiger partial charge in [-0.2, -0.15) is 0 Å². The van der Waals surface area contributed by atoms with E-state index >= 15 is 0 Å². The van der Waals surface area contributed by atoms with Crippen LogP contribution in [-0.2, 0) is 14.4 Å². The van der Waals surface area contributed by atoms with Crippen molar-refractivity contribution in [3.63, 3.8) is 0 Å². The number of nitrogens with one attached hydrogen (secondary N) is 1. The number of carbonyl (C=O) groups excluding carboxylic acids is 2. The minimum Gasteiger partial charge on any atom is -0.480 e. The van der Waals surface area contributed by atoms with E-state index in [0.717, 1.165) is 11.8 Å². The minimum atomic E-state index is -0.997. The number of carbonyl (C=O) groups is 3. The summed E-state index contributed by atoms with van der Waals surface area (Å²) in [5.41, 5.74) is 0. The second kappa shape index (κ2) is 3.68. The van der Waals surface area contributed by atoms with Crippen molar-refractivity contribution in [1.82, 2.24) is 5.32 Å². The van der Waals surface area contributed by atoms with E-state index in [9.17, 15) is 14.4 Å². The average molecular weight is 189 g/mol. The summed E-state index contributed by atoms with van der Waals surface area (Å²) < 4.78 is 0. The first kappa shape index (κ1) is 9.21. The van der Waals surface area contributed by atoms with Crippen molar-refractivity contribution in [2.24, 2.45) is 0 Å². The number of aldehydes is 1. The Morgan fingerprint density at radius 3 is 2.67 bits per heavy atom. The molecule has 5 nitrogen and oxygen atoms in total. The Bertz CT molecular complexity index is 230. The van der Waals surface area contributed by atoms with Crippen molar-refractivity contribution >= 4 is 29.8 Å². The standard InChI is InChI=1S/C6H7NO4S/c8-1-4(9)5-7-3(2-12-5)6(10)11/h1,3,5,7H,2H2,(H,10,11)/t3-,5-/m0/s1. The second-order valence-electron chi connectivity index (χ2n) is 2.29. The Balaban J connectivity index is 2.50. The molecule has 0 aromatic rings. The fraction of sp³-hybridized carbons (Fsp3) is 0.500. The third-order valence-corrected chi connectivity index (χ3v) is 2.68. The molecule has 1 heterocycles. The topological polar surface area (TPSA) is 83.5 Å². The highest BCUT2D eigenvalue weighted by Crippen LogP contribution is 2.18. The Morgan fingerprint density at radius 1 is 1.58 bits per heavy atom. The van der Waals surface area contributed by atoms with Crippen LogP contribution in [0, 0.1) is 0 Å². The first-order valence-electron chi connectivity index (χ1n) is 3.24. The number of Topliss-reactive ketones (excluding diaryl/α,β-unsaturated/α-hetero) is 1. The van der Waals surface area contributed by atoms with E-state index in [4.69, 9.17) is 5.11 Å². The predicted molar refractivity (Wildman–Crippen MR) is 41.9 cm³/mol. The van der Waals surface area contributed by atoms with E-state index < -0.39 is 23.2 Å². The van der Waals surface area contributed by atoms with Gasteiger partial charge in [0.1, 0.15) is 11.4 Å². The predicted octanol–water partition coefficient (Wildman–Crippen LogP) is -1.13. The zero-order valence-electron chi connectivity index (χ0n) is 6.02. The Hall–Kier alpha value is -0.880. The number of hydrogen-bond acceptors (Lipinski definition) is 5. The van der Waals surface area contributed by atoms with Crippen molar-refractivity contribution in [2.75, 3.05) is 5.75 Å². The van der Waals surface area contributed by atoms with E-state index in [1.165, 1.54) is 0 Å². The highest BCUT2D eigenvalue weighted by molar-refractivity contribution is 8.01. The van der Waals surface area contributed by atoms with Gasteiger partial charge in [0.2, 0.25) is 5.78 Å². The number of rotatable bonds is 3. The molecule has 0 saturated carbocycles. The summed E-state index contributed by atoms with van der Waals surface area (Å²) >= 11 is 1.14. The molecule has 2 atom stereocenters. The minimum absolute atomic E-state index is 0.203. The summed E-state index contributed by atoms with van der Waals surface area (Å²) in [5, 5.41) is 10.4. The first-order chi connectivity index (χ1) is 5.65. The van der Waals surface area contributed by atoms with Gasteiger partial charge >= 0.3 is 5.97 Å². The van der Waals surface area contributed by atoms with Gasteiger partial charge in [-0.3, -0.25) is 19.7 Å². The molecule has 66 valence electrons. The molecule has 6 heteroatoms. The van der Waals surface area contributed by atoms with Crippen molar-refractivity contribution in [2.45, 2.75) is 11.4 Å². The molecular formula is C6H7NO4S. The van der Waals surface area contributed by atoms with Crippen LogP contribution in [0.3, 0.4) is 0 Å². The molecule has 12 heavy (non-hydrogen) atoms. The molecule has 0 amide bonds. The molecule has 1 aliphatic heterocycles. The highest BCUT2D eigenvalue weighted by Gasteiger charge is 2.33. The quantitative estimate of drug-likeness (QED) is 0.432. The lowest BCUT2D eigenvalue weighted by Gasteiger charge is -2.04. The van der Waals surface area contributed by atoms with Crippen LogP contribution in [-0.4, -0.2) is 40.3 Å². The number of aliphatic carboxylic acids is 1. The number of hydrogen-bond donors (Lipinski definition) is 2. The second-order valence-corrected chi connectivity index (χ2v) is 3.43. The first-order valence-corrected chi connectivity index (χ1v) is 4.29. The molecule has 2 N–H and O–H groups in total. The number of thioether (sulfide) groups is 1. The van der Waals surface area contributed by atoms with Gasteiger partial charge < -0.3 is 5.11 Å². The molecule has 1 aliphatic rings. The molecule has 0 bridgehead atoms. The van der Waals surface area contributed by atoms with Gasteiger partial charge in [-0.25, -0.2) is 0 Å². The van der Waals surface area contributed by atoms with Crippen LogP contribution in [0.15, 0.2) is 0 Å². The number of carboxylic acid groups (broad SMARTS) is 1. The molecule has 0 aromatic heterocycles. The van der Waals surface area contributed by atoms with Crippen LogP contribution >= 0.6 is 11.8 Å². The van der Waals surface area contributed by atoms with Gasteiger partial charge in [0, 0.05) is 5.75 Å². The maximum absolute atomic E-state index is 10.7. The average Bonchev–Trinajstić information content (AvgIpc) is 2.51. The summed E-state index contributed by atoms with van der Waals surface area (Å²) in [4.78, 5) is 31.1. The molecule has 0 spiro atoms. The van der Waals surface area contributed by atoms with Crippen molar-refractivity contribution in [1.29, 1.82) is 0 Å². The maximum atomic E-state index is 10.7. The molecule has 1 fully saturated rings. The number of carboxylic acids is 1. The lowest BCUT2D eigenvalue weighted by molar-refractivity contribution is -0.139. The van der Waals surface area contributed by atoms with Gasteiger partial charge in [0.15, 0.2) is 6.29 Å². The van der Waals surface area contributed by atoms with Crippen LogP contribution in [0.25, 0.3) is 0 Å². The number of ketones is 1. The molecule has 0 aromatic carbocycles. The van der Waals surface area contributed by atoms with Gasteiger partial charge in [-0.05, 0) is 0 Å². The SMILES string of the molecule is O=CC(=O)[C@H]1N[C@H](C(=O)O)CS1. The lowest BCUT2D eigenvalue weighted by atomic mass is 10.3. The van der Waals surface area contributed by atoms with E-state index in [2.05, 4.69) is 5.32 Å². The Labute approximate surface area is 72.5 Å². The molecule has 0 radical (unpaired) electrons. The fourth-order valence-corrected chi connectivity index (χ4v) is 1.94. The fourth-order valence-electron chi connectivity index (χ4n) is 0.840. The third kappa shape index (κ3) is 1.83. The van der Waals surface area contributed by atoms with Crippen molar-refractivity contribution in [3.05, 3.63) is 0 Å². The summed E-state index contributed by atoms with van der Waals surface area (Å²) in [6.07, 6.45) is 0.203. The normalized spacial score (nSPS) is 28.3. The lowest BCUT2D eigenvalue weighted by Crippen LogP contribution is -2.40. The van der Waals surface area contributed by atoms with Gasteiger partial charge in [-0.15, -0.1) is 11.8 Å². The van der Waals surface area contributed by atoms with Gasteiger partial charge in [0.05, 0.1) is 0 Å².